The minimum atomic E-state index is 0.0507. The Morgan fingerprint density at radius 2 is 2.15 bits per heavy atom. The second kappa shape index (κ2) is 6.11. The van der Waals surface area contributed by atoms with E-state index in [9.17, 15) is 4.79 Å². The zero-order chi connectivity index (χ0) is 17.9. The van der Waals surface area contributed by atoms with Gasteiger partial charge in [0.05, 0.1) is 27.2 Å². The van der Waals surface area contributed by atoms with Crippen molar-refractivity contribution in [1.29, 1.82) is 0 Å². The van der Waals surface area contributed by atoms with Crippen LogP contribution >= 0.6 is 22.9 Å². The standard InChI is InChI=1S/C20H23ClN2O2S/c1-2-25-16-14(21)4-3-13-11-15(26-17(13)16)19(24)22-18-12-5-9-23(10-6-12)20(18)7-8-20/h3-4,11-12,18H,2,5-10H2,1H3,(H,22,24). The van der Waals surface area contributed by atoms with Gasteiger partial charge in [-0.1, -0.05) is 17.7 Å². The van der Waals surface area contributed by atoms with Crippen LogP contribution in [0, 0.1) is 5.92 Å². The number of fused-ring (bicyclic) bond motifs is 3. The molecule has 138 valence electrons. The number of amides is 1. The minimum Gasteiger partial charge on any atom is -0.491 e. The number of nitrogens with one attached hydrogen (secondary N) is 1. The van der Waals surface area contributed by atoms with Crippen molar-refractivity contribution in [2.45, 2.75) is 44.2 Å². The Labute approximate surface area is 162 Å². The summed E-state index contributed by atoms with van der Waals surface area (Å²) in [6.45, 7) is 4.91. The van der Waals surface area contributed by atoms with E-state index in [0.717, 1.165) is 15.0 Å². The third-order valence-corrected chi connectivity index (χ3v) is 7.82. The number of nitrogens with zero attached hydrogens (tertiary/aromatic N) is 1. The Hall–Kier alpha value is -1.30. The van der Waals surface area contributed by atoms with E-state index in [2.05, 4.69) is 10.2 Å². The summed E-state index contributed by atoms with van der Waals surface area (Å²) in [7, 11) is 0. The predicted molar refractivity (Wildman–Crippen MR) is 106 cm³/mol. The molecule has 1 saturated carbocycles. The summed E-state index contributed by atoms with van der Waals surface area (Å²) in [6, 6.07) is 6.08. The molecule has 1 aromatic heterocycles. The first-order valence-corrected chi connectivity index (χ1v) is 10.7. The van der Waals surface area contributed by atoms with Crippen LogP contribution in [0.1, 0.15) is 42.3 Å². The summed E-state index contributed by atoms with van der Waals surface area (Å²) < 4.78 is 6.67. The van der Waals surface area contributed by atoms with Gasteiger partial charge in [0.1, 0.15) is 0 Å². The third kappa shape index (κ3) is 2.48. The highest BCUT2D eigenvalue weighted by atomic mass is 35.5. The van der Waals surface area contributed by atoms with Crippen LogP contribution in [0.4, 0.5) is 0 Å². The number of rotatable bonds is 4. The number of ether oxygens (including phenoxy) is 1. The number of thiophene rings is 1. The molecule has 4 heterocycles. The molecule has 1 spiro atoms. The van der Waals surface area contributed by atoms with Gasteiger partial charge in [0.15, 0.2) is 5.75 Å². The van der Waals surface area contributed by atoms with Gasteiger partial charge >= 0.3 is 0 Å². The fraction of sp³-hybridized carbons (Fsp3) is 0.550. The van der Waals surface area contributed by atoms with Crippen molar-refractivity contribution in [3.63, 3.8) is 0 Å². The molecule has 1 aromatic carbocycles. The Bertz CT molecular complexity index is 868. The fourth-order valence-electron chi connectivity index (χ4n) is 4.98. The lowest BCUT2D eigenvalue weighted by atomic mass is 9.77. The molecule has 2 aromatic rings. The second-order valence-electron chi connectivity index (χ2n) is 7.72. The number of piperidine rings is 3. The van der Waals surface area contributed by atoms with Gasteiger partial charge in [-0.25, -0.2) is 0 Å². The second-order valence-corrected chi connectivity index (χ2v) is 9.18. The molecule has 6 rings (SSSR count). The maximum atomic E-state index is 13.0. The van der Waals surface area contributed by atoms with Crippen molar-refractivity contribution in [2.24, 2.45) is 5.92 Å². The van der Waals surface area contributed by atoms with E-state index in [1.165, 1.54) is 50.1 Å². The van der Waals surface area contributed by atoms with E-state index >= 15 is 0 Å². The molecule has 3 aliphatic heterocycles. The number of halogens is 1. The Morgan fingerprint density at radius 3 is 2.85 bits per heavy atom. The molecule has 26 heavy (non-hydrogen) atoms. The molecule has 4 fully saturated rings. The highest BCUT2D eigenvalue weighted by molar-refractivity contribution is 7.21. The largest absolute Gasteiger partial charge is 0.491 e. The van der Waals surface area contributed by atoms with Crippen LogP contribution in [0.3, 0.4) is 0 Å². The number of hydrogen-bond acceptors (Lipinski definition) is 4. The number of carbonyl (C=O) groups is 1. The first-order chi connectivity index (χ1) is 12.6. The average Bonchev–Trinajstić information content (AvgIpc) is 3.30. The summed E-state index contributed by atoms with van der Waals surface area (Å²) in [5.41, 5.74) is 0.257. The average molecular weight is 391 g/mol. The van der Waals surface area contributed by atoms with Gasteiger partial charge in [-0.15, -0.1) is 11.3 Å². The number of carbonyl (C=O) groups excluding carboxylic acids is 1. The monoisotopic (exact) mass is 390 g/mol. The first kappa shape index (κ1) is 16.8. The molecule has 1 aliphatic carbocycles. The van der Waals surface area contributed by atoms with Gasteiger partial charge in [-0.05, 0) is 69.1 Å². The van der Waals surface area contributed by atoms with Gasteiger partial charge in [-0.2, -0.15) is 0 Å². The first-order valence-electron chi connectivity index (χ1n) is 9.53. The van der Waals surface area contributed by atoms with Crippen molar-refractivity contribution in [3.05, 3.63) is 28.1 Å². The SMILES string of the molecule is CCOc1c(Cl)ccc2cc(C(=O)NC3C4CCN(CC4)C34CC4)sc12. The lowest BCUT2D eigenvalue weighted by Gasteiger charge is -2.52. The number of hydrogen-bond donors (Lipinski definition) is 1. The Balaban J connectivity index is 1.43. The normalized spacial score (nSPS) is 28.5. The highest BCUT2D eigenvalue weighted by Gasteiger charge is 2.60. The van der Waals surface area contributed by atoms with E-state index < -0.39 is 0 Å². The van der Waals surface area contributed by atoms with Gasteiger partial charge in [-0.3, -0.25) is 9.69 Å². The molecule has 1 amide bonds. The Kier molecular flexibility index (Phi) is 3.96. The zero-order valence-corrected chi connectivity index (χ0v) is 16.5. The summed E-state index contributed by atoms with van der Waals surface area (Å²) in [5, 5.41) is 5.02. The summed E-state index contributed by atoms with van der Waals surface area (Å²) in [5.74, 6) is 1.38. The van der Waals surface area contributed by atoms with E-state index in [1.807, 2.05) is 25.1 Å². The van der Waals surface area contributed by atoms with E-state index in [4.69, 9.17) is 16.3 Å². The molecule has 1 unspecified atom stereocenters. The van der Waals surface area contributed by atoms with Crippen LogP contribution < -0.4 is 10.1 Å². The molecule has 4 nitrogen and oxygen atoms in total. The van der Waals surface area contributed by atoms with Crippen molar-refractivity contribution in [1.82, 2.24) is 10.2 Å². The zero-order valence-electron chi connectivity index (χ0n) is 14.9. The van der Waals surface area contributed by atoms with E-state index in [0.29, 0.717) is 29.3 Å². The molecule has 2 bridgehead atoms. The van der Waals surface area contributed by atoms with E-state index in [-0.39, 0.29) is 11.4 Å². The molecular formula is C20H23ClN2O2S. The fourth-order valence-corrected chi connectivity index (χ4v) is 6.31. The van der Waals surface area contributed by atoms with Crippen LogP contribution in [-0.2, 0) is 0 Å². The van der Waals surface area contributed by atoms with Crippen LogP contribution in [-0.4, -0.2) is 42.1 Å². The predicted octanol–water partition coefficient (Wildman–Crippen LogP) is 4.31. The van der Waals surface area contributed by atoms with Crippen molar-refractivity contribution >= 4 is 38.9 Å². The third-order valence-electron chi connectivity index (χ3n) is 6.37. The van der Waals surface area contributed by atoms with Gasteiger partial charge in [0, 0.05) is 5.54 Å². The van der Waals surface area contributed by atoms with Crippen LogP contribution in [0.5, 0.6) is 5.75 Å². The van der Waals surface area contributed by atoms with Crippen molar-refractivity contribution in [3.8, 4) is 5.75 Å². The summed E-state index contributed by atoms with van der Waals surface area (Å²) in [6.07, 6.45) is 4.88. The maximum Gasteiger partial charge on any atom is 0.261 e. The molecule has 6 heteroatoms. The topological polar surface area (TPSA) is 41.6 Å². The number of benzene rings is 1. The molecule has 1 atom stereocenters. The highest BCUT2D eigenvalue weighted by Crippen LogP contribution is 2.53. The maximum absolute atomic E-state index is 13.0. The lowest BCUT2D eigenvalue weighted by molar-refractivity contribution is -0.00138. The van der Waals surface area contributed by atoms with Crippen LogP contribution in [0.15, 0.2) is 18.2 Å². The quantitative estimate of drug-likeness (QED) is 0.845. The molecule has 0 radical (unpaired) electrons. The van der Waals surface area contributed by atoms with Gasteiger partial charge < -0.3 is 10.1 Å². The van der Waals surface area contributed by atoms with Gasteiger partial charge in [0.2, 0.25) is 0 Å². The minimum absolute atomic E-state index is 0.0507. The lowest BCUT2D eigenvalue weighted by Crippen LogP contribution is -2.65. The summed E-state index contributed by atoms with van der Waals surface area (Å²) in [4.78, 5) is 16.4. The Morgan fingerprint density at radius 1 is 1.38 bits per heavy atom. The van der Waals surface area contributed by atoms with Gasteiger partial charge in [0.25, 0.3) is 5.91 Å². The van der Waals surface area contributed by atoms with Crippen LogP contribution in [0.25, 0.3) is 10.1 Å². The molecule has 1 N–H and O–H groups in total. The van der Waals surface area contributed by atoms with Crippen molar-refractivity contribution < 1.29 is 9.53 Å². The van der Waals surface area contributed by atoms with Crippen molar-refractivity contribution in [2.75, 3.05) is 19.7 Å². The smallest absolute Gasteiger partial charge is 0.261 e. The van der Waals surface area contributed by atoms with E-state index in [1.54, 1.807) is 0 Å². The molecular weight excluding hydrogens is 368 g/mol. The summed E-state index contributed by atoms with van der Waals surface area (Å²) >= 11 is 7.77. The molecule has 3 saturated heterocycles. The molecule has 4 aliphatic rings. The van der Waals surface area contributed by atoms with Crippen LogP contribution in [0.2, 0.25) is 5.02 Å².